The molecule has 0 spiro atoms. The van der Waals surface area contributed by atoms with E-state index in [2.05, 4.69) is 5.32 Å². The second-order valence-corrected chi connectivity index (χ2v) is 6.26. The molecule has 0 saturated carbocycles. The van der Waals surface area contributed by atoms with Crippen molar-refractivity contribution in [1.29, 1.82) is 0 Å². The fraction of sp³-hybridized carbons (Fsp3) is 0.545. The summed E-state index contributed by atoms with van der Waals surface area (Å²) in [6.07, 6.45) is 3.94. The molecule has 1 amide bonds. The quantitative estimate of drug-likeness (QED) is 0.856. The van der Waals surface area contributed by atoms with Gasteiger partial charge < -0.3 is 9.73 Å². The number of hydrogen-bond acceptors (Lipinski definition) is 4. The van der Waals surface area contributed by atoms with E-state index in [0.29, 0.717) is 25.1 Å². The monoisotopic (exact) mass is 272 g/mol. The van der Waals surface area contributed by atoms with E-state index >= 15 is 0 Å². The molecule has 18 heavy (non-hydrogen) atoms. The van der Waals surface area contributed by atoms with Crippen molar-refractivity contribution in [1.82, 2.24) is 9.62 Å². The Morgan fingerprint density at radius 1 is 1.61 bits per heavy atom. The van der Waals surface area contributed by atoms with Gasteiger partial charge in [0.2, 0.25) is 15.9 Å². The molecular weight excluding hydrogens is 256 g/mol. The van der Waals surface area contributed by atoms with Crippen LogP contribution in [0.15, 0.2) is 22.8 Å². The van der Waals surface area contributed by atoms with Crippen molar-refractivity contribution in [2.45, 2.75) is 25.4 Å². The fourth-order valence-electron chi connectivity index (χ4n) is 2.10. The van der Waals surface area contributed by atoms with Crippen molar-refractivity contribution in [2.24, 2.45) is 0 Å². The van der Waals surface area contributed by atoms with Gasteiger partial charge in [0.1, 0.15) is 11.8 Å². The smallest absolute Gasteiger partial charge is 0.238 e. The highest BCUT2D eigenvalue weighted by Gasteiger charge is 2.36. The number of carbonyl (C=O) groups excluding carboxylic acids is 1. The van der Waals surface area contributed by atoms with Gasteiger partial charge in [0, 0.05) is 6.54 Å². The summed E-state index contributed by atoms with van der Waals surface area (Å²) in [5.41, 5.74) is 0. The average molecular weight is 272 g/mol. The van der Waals surface area contributed by atoms with E-state index in [1.807, 2.05) is 0 Å². The van der Waals surface area contributed by atoms with Crippen LogP contribution in [0.25, 0.3) is 0 Å². The topological polar surface area (TPSA) is 79.6 Å². The molecule has 1 fully saturated rings. The second-order valence-electron chi connectivity index (χ2n) is 4.33. The first-order valence-electron chi connectivity index (χ1n) is 5.75. The van der Waals surface area contributed by atoms with Gasteiger partial charge in [0.05, 0.1) is 19.1 Å². The number of sulfonamides is 1. The third-order valence-electron chi connectivity index (χ3n) is 2.95. The van der Waals surface area contributed by atoms with Crippen LogP contribution in [0, 0.1) is 0 Å². The molecule has 0 aliphatic carbocycles. The summed E-state index contributed by atoms with van der Waals surface area (Å²) in [6, 6.07) is 2.90. The minimum atomic E-state index is -3.32. The Bertz CT molecular complexity index is 509. The summed E-state index contributed by atoms with van der Waals surface area (Å²) < 4.78 is 29.4. The summed E-state index contributed by atoms with van der Waals surface area (Å²) in [7, 11) is -3.32. The van der Waals surface area contributed by atoms with Gasteiger partial charge in [-0.2, -0.15) is 4.31 Å². The van der Waals surface area contributed by atoms with Crippen LogP contribution < -0.4 is 5.32 Å². The molecule has 1 aromatic heterocycles. The predicted octanol–water partition coefficient (Wildman–Crippen LogP) is 0.320. The van der Waals surface area contributed by atoms with E-state index in [4.69, 9.17) is 4.42 Å². The number of amides is 1. The van der Waals surface area contributed by atoms with Gasteiger partial charge >= 0.3 is 0 Å². The first kappa shape index (κ1) is 13.1. The lowest BCUT2D eigenvalue weighted by Gasteiger charge is -2.20. The first-order valence-corrected chi connectivity index (χ1v) is 7.60. The Hall–Kier alpha value is -1.34. The lowest BCUT2D eigenvalue weighted by Crippen LogP contribution is -2.45. The second kappa shape index (κ2) is 5.11. The van der Waals surface area contributed by atoms with Crippen LogP contribution in [0.5, 0.6) is 0 Å². The van der Waals surface area contributed by atoms with Crippen LogP contribution in [0.2, 0.25) is 0 Å². The number of nitrogens with zero attached hydrogens (tertiary/aromatic N) is 1. The Morgan fingerprint density at radius 3 is 3.00 bits per heavy atom. The summed E-state index contributed by atoms with van der Waals surface area (Å²) >= 11 is 0. The average Bonchev–Trinajstić information content (AvgIpc) is 2.95. The molecule has 100 valence electrons. The molecule has 1 aliphatic rings. The van der Waals surface area contributed by atoms with Crippen molar-refractivity contribution in [3.05, 3.63) is 24.2 Å². The molecule has 0 bridgehead atoms. The lowest BCUT2D eigenvalue weighted by molar-refractivity contribution is -0.124. The molecule has 1 aliphatic heterocycles. The number of hydrogen-bond donors (Lipinski definition) is 1. The molecule has 1 saturated heterocycles. The Labute approximate surface area is 106 Å². The van der Waals surface area contributed by atoms with Crippen LogP contribution in [0.3, 0.4) is 0 Å². The largest absolute Gasteiger partial charge is 0.467 e. The minimum Gasteiger partial charge on any atom is -0.467 e. The first-order chi connectivity index (χ1) is 8.48. The SMILES string of the molecule is CS(=O)(=O)N1CCC[C@@H]1C(=O)NCc1ccco1. The molecule has 2 heterocycles. The zero-order valence-electron chi connectivity index (χ0n) is 10.1. The number of furan rings is 1. The highest BCUT2D eigenvalue weighted by Crippen LogP contribution is 2.20. The maximum Gasteiger partial charge on any atom is 0.238 e. The lowest BCUT2D eigenvalue weighted by atomic mass is 10.2. The molecule has 2 rings (SSSR count). The summed E-state index contributed by atoms with van der Waals surface area (Å²) in [4.78, 5) is 11.9. The van der Waals surface area contributed by atoms with E-state index in [1.165, 1.54) is 10.6 Å². The van der Waals surface area contributed by atoms with Gasteiger partial charge in [-0.25, -0.2) is 8.42 Å². The molecule has 1 N–H and O–H groups in total. The highest BCUT2D eigenvalue weighted by atomic mass is 32.2. The Balaban J connectivity index is 1.96. The molecule has 0 radical (unpaired) electrons. The van der Waals surface area contributed by atoms with Crippen molar-refractivity contribution in [3.63, 3.8) is 0 Å². The van der Waals surface area contributed by atoms with Crippen molar-refractivity contribution >= 4 is 15.9 Å². The normalized spacial score (nSPS) is 21.1. The molecular formula is C11H16N2O4S. The Morgan fingerprint density at radius 2 is 2.39 bits per heavy atom. The van der Waals surface area contributed by atoms with Gasteiger partial charge in [-0.05, 0) is 25.0 Å². The number of rotatable bonds is 4. The van der Waals surface area contributed by atoms with Crippen molar-refractivity contribution < 1.29 is 17.6 Å². The van der Waals surface area contributed by atoms with Crippen LogP contribution in [-0.4, -0.2) is 37.5 Å². The maximum absolute atomic E-state index is 11.9. The summed E-state index contributed by atoms with van der Waals surface area (Å²) in [6.45, 7) is 0.692. The van der Waals surface area contributed by atoms with Crippen LogP contribution in [-0.2, 0) is 21.4 Å². The van der Waals surface area contributed by atoms with Crippen molar-refractivity contribution in [2.75, 3.05) is 12.8 Å². The fourth-order valence-corrected chi connectivity index (χ4v) is 3.23. The van der Waals surface area contributed by atoms with Gasteiger partial charge in [0.15, 0.2) is 0 Å². The third kappa shape index (κ3) is 2.91. The minimum absolute atomic E-state index is 0.269. The van der Waals surface area contributed by atoms with Crippen molar-refractivity contribution in [3.8, 4) is 0 Å². The van der Waals surface area contributed by atoms with Gasteiger partial charge in [-0.3, -0.25) is 4.79 Å². The van der Waals surface area contributed by atoms with Crippen LogP contribution in [0.4, 0.5) is 0 Å². The zero-order chi connectivity index (χ0) is 13.2. The molecule has 1 aromatic rings. The number of nitrogens with one attached hydrogen (secondary N) is 1. The van der Waals surface area contributed by atoms with Gasteiger partial charge in [-0.1, -0.05) is 0 Å². The summed E-state index contributed by atoms with van der Waals surface area (Å²) in [5, 5.41) is 2.69. The van der Waals surface area contributed by atoms with Gasteiger partial charge in [-0.15, -0.1) is 0 Å². The van der Waals surface area contributed by atoms with Crippen LogP contribution >= 0.6 is 0 Å². The number of carbonyl (C=O) groups is 1. The molecule has 0 aromatic carbocycles. The standard InChI is InChI=1S/C11H16N2O4S/c1-18(15,16)13-6-2-5-10(13)11(14)12-8-9-4-3-7-17-9/h3-4,7,10H,2,5-6,8H2,1H3,(H,12,14)/t10-/m1/s1. The highest BCUT2D eigenvalue weighted by molar-refractivity contribution is 7.88. The Kier molecular flexibility index (Phi) is 3.72. The van der Waals surface area contributed by atoms with E-state index in [-0.39, 0.29) is 12.5 Å². The van der Waals surface area contributed by atoms with Gasteiger partial charge in [0.25, 0.3) is 0 Å². The van der Waals surface area contributed by atoms with Crippen LogP contribution in [0.1, 0.15) is 18.6 Å². The molecule has 7 heteroatoms. The van der Waals surface area contributed by atoms with E-state index in [9.17, 15) is 13.2 Å². The van der Waals surface area contributed by atoms with E-state index < -0.39 is 16.1 Å². The van der Waals surface area contributed by atoms with E-state index in [0.717, 1.165) is 6.26 Å². The third-order valence-corrected chi connectivity index (χ3v) is 4.24. The maximum atomic E-state index is 11.9. The zero-order valence-corrected chi connectivity index (χ0v) is 10.9. The van der Waals surface area contributed by atoms with E-state index in [1.54, 1.807) is 12.1 Å². The summed E-state index contributed by atoms with van der Waals surface area (Å²) in [5.74, 6) is 0.376. The molecule has 0 unspecified atom stereocenters. The molecule has 6 nitrogen and oxygen atoms in total. The predicted molar refractivity (Wildman–Crippen MR) is 65.1 cm³/mol. The molecule has 1 atom stereocenters.